The van der Waals surface area contributed by atoms with Crippen LogP contribution in [0.25, 0.3) is 0 Å². The van der Waals surface area contributed by atoms with E-state index in [1.54, 1.807) is 0 Å². The van der Waals surface area contributed by atoms with Crippen LogP contribution in [0.5, 0.6) is 0 Å². The van der Waals surface area contributed by atoms with Gasteiger partial charge in [-0.3, -0.25) is 4.79 Å². The molecule has 0 aliphatic carbocycles. The maximum Gasteiger partial charge on any atom is 0.222 e. The normalized spacial score (nSPS) is 18.9. The van der Waals surface area contributed by atoms with Gasteiger partial charge in [0.1, 0.15) is 0 Å². The first-order chi connectivity index (χ1) is 5.49. The molecule has 0 spiro atoms. The van der Waals surface area contributed by atoms with Crippen molar-refractivity contribution in [3.8, 4) is 0 Å². The summed E-state index contributed by atoms with van der Waals surface area (Å²) in [7, 11) is -1.48. The van der Waals surface area contributed by atoms with Gasteiger partial charge in [-0.2, -0.15) is 11.1 Å². The highest BCUT2D eigenvalue weighted by Gasteiger charge is 2.23. The maximum atomic E-state index is 11.2. The molecule has 1 saturated heterocycles. The first-order valence-electron chi connectivity index (χ1n) is 4.46. The minimum atomic E-state index is -1.48. The zero-order valence-electron chi connectivity index (χ0n) is 7.77. The summed E-state index contributed by atoms with van der Waals surface area (Å²) < 4.78 is 0. The fourth-order valence-corrected chi connectivity index (χ4v) is 2.40. The van der Waals surface area contributed by atoms with Gasteiger partial charge in [-0.25, -0.2) is 0 Å². The average molecular weight is 206 g/mol. The molecular weight excluding hydrogens is 190 g/mol. The summed E-state index contributed by atoms with van der Waals surface area (Å²) in [5.74, 6) is 0.310. The summed E-state index contributed by atoms with van der Waals surface area (Å²) in [6.45, 7) is 6.06. The molecule has 0 aromatic heterocycles. The number of rotatable bonds is 3. The van der Waals surface area contributed by atoms with Crippen LogP contribution < -0.4 is 0 Å². The lowest BCUT2D eigenvalue weighted by molar-refractivity contribution is -0.127. The lowest BCUT2D eigenvalue weighted by Gasteiger charge is -2.19. The predicted octanol–water partition coefficient (Wildman–Crippen LogP) is 2.05. The van der Waals surface area contributed by atoms with Crippen molar-refractivity contribution in [2.24, 2.45) is 0 Å². The lowest BCUT2D eigenvalue weighted by atomic mass is 10.4. The third-order valence-electron chi connectivity index (χ3n) is 2.15. The number of likely N-dealkylation sites (tertiary alicyclic amines) is 1. The minimum Gasteiger partial charge on any atom is -0.343 e. The van der Waals surface area contributed by atoms with E-state index in [1.807, 2.05) is 4.90 Å². The Hall–Kier alpha value is -0.0231. The van der Waals surface area contributed by atoms with Crippen LogP contribution in [0, 0.1) is 0 Å². The molecule has 1 amide bonds. The van der Waals surface area contributed by atoms with E-state index in [4.69, 9.17) is 11.1 Å². The molecule has 70 valence electrons. The SMILES string of the molecule is C[Si](C)(Cl)CCN1CCCC1=O. The summed E-state index contributed by atoms with van der Waals surface area (Å²) in [5.41, 5.74) is 0. The van der Waals surface area contributed by atoms with Crippen molar-refractivity contribution >= 4 is 24.4 Å². The standard InChI is InChI=1S/C8H16ClNOSi/c1-12(2,9)7-6-10-5-3-4-8(10)11/h3-7H2,1-2H3. The Morgan fingerprint density at radius 3 is 2.67 bits per heavy atom. The third kappa shape index (κ3) is 3.15. The van der Waals surface area contributed by atoms with Crippen molar-refractivity contribution in [2.45, 2.75) is 32.0 Å². The Bertz CT molecular complexity index is 178. The van der Waals surface area contributed by atoms with Crippen molar-refractivity contribution < 1.29 is 4.79 Å². The molecule has 1 aliphatic rings. The molecule has 1 aliphatic heterocycles. The van der Waals surface area contributed by atoms with Crippen molar-refractivity contribution in [2.75, 3.05) is 13.1 Å². The number of carbonyl (C=O) groups is 1. The maximum absolute atomic E-state index is 11.2. The molecule has 4 heteroatoms. The van der Waals surface area contributed by atoms with Crippen LogP contribution >= 0.6 is 11.1 Å². The van der Waals surface area contributed by atoms with Gasteiger partial charge in [-0.15, -0.1) is 0 Å². The molecule has 0 aromatic carbocycles. The zero-order chi connectivity index (χ0) is 9.19. The minimum absolute atomic E-state index is 0.310. The second-order valence-corrected chi connectivity index (χ2v) is 11.0. The summed E-state index contributed by atoms with van der Waals surface area (Å²) in [6.07, 6.45) is 1.77. The fraction of sp³-hybridized carbons (Fsp3) is 0.875. The smallest absolute Gasteiger partial charge is 0.222 e. The number of hydrogen-bond acceptors (Lipinski definition) is 1. The van der Waals surface area contributed by atoms with Gasteiger partial charge in [0.25, 0.3) is 0 Å². The molecular formula is C8H16ClNOSi. The number of hydrogen-bond donors (Lipinski definition) is 0. The van der Waals surface area contributed by atoms with Gasteiger partial charge in [0, 0.05) is 19.5 Å². The lowest BCUT2D eigenvalue weighted by Crippen LogP contribution is -2.30. The third-order valence-corrected chi connectivity index (χ3v) is 4.13. The van der Waals surface area contributed by atoms with Crippen molar-refractivity contribution in [1.29, 1.82) is 0 Å². The zero-order valence-corrected chi connectivity index (χ0v) is 9.52. The highest BCUT2D eigenvalue weighted by Crippen LogP contribution is 2.17. The summed E-state index contributed by atoms with van der Waals surface area (Å²) in [4.78, 5) is 13.1. The van der Waals surface area contributed by atoms with Crippen LogP contribution in [-0.2, 0) is 4.79 Å². The topological polar surface area (TPSA) is 20.3 Å². The van der Waals surface area contributed by atoms with Crippen LogP contribution in [0.1, 0.15) is 12.8 Å². The highest BCUT2D eigenvalue weighted by molar-refractivity contribution is 7.19. The Labute approximate surface area is 79.6 Å². The summed E-state index contributed by atoms with van der Waals surface area (Å²) in [6, 6.07) is 1.01. The van der Waals surface area contributed by atoms with Gasteiger partial charge >= 0.3 is 0 Å². The van der Waals surface area contributed by atoms with E-state index < -0.39 is 7.38 Å². The molecule has 0 saturated carbocycles. The van der Waals surface area contributed by atoms with Crippen molar-refractivity contribution in [3.05, 3.63) is 0 Å². The second kappa shape index (κ2) is 3.79. The summed E-state index contributed by atoms with van der Waals surface area (Å²) >= 11 is 6.16. The van der Waals surface area contributed by atoms with Crippen LogP contribution in [0.15, 0.2) is 0 Å². The van der Waals surface area contributed by atoms with Gasteiger partial charge in [0.15, 0.2) is 7.38 Å². The quantitative estimate of drug-likeness (QED) is 0.510. The number of halogens is 1. The Morgan fingerprint density at radius 2 is 2.25 bits per heavy atom. The molecule has 0 bridgehead atoms. The van der Waals surface area contributed by atoms with Crippen LogP contribution in [0.2, 0.25) is 19.1 Å². The molecule has 12 heavy (non-hydrogen) atoms. The number of amides is 1. The number of carbonyl (C=O) groups excluding carboxylic acids is 1. The van der Waals surface area contributed by atoms with Crippen molar-refractivity contribution in [3.63, 3.8) is 0 Å². The van der Waals surface area contributed by atoms with E-state index in [0.717, 1.165) is 32.0 Å². The Morgan fingerprint density at radius 1 is 1.58 bits per heavy atom. The molecule has 0 unspecified atom stereocenters. The molecule has 1 fully saturated rings. The molecule has 0 atom stereocenters. The van der Waals surface area contributed by atoms with Crippen LogP contribution in [0.4, 0.5) is 0 Å². The van der Waals surface area contributed by atoms with Crippen LogP contribution in [0.3, 0.4) is 0 Å². The highest BCUT2D eigenvalue weighted by atomic mass is 35.6. The Kier molecular flexibility index (Phi) is 3.18. The molecule has 0 N–H and O–H groups in total. The van der Waals surface area contributed by atoms with Crippen molar-refractivity contribution in [1.82, 2.24) is 4.90 Å². The van der Waals surface area contributed by atoms with E-state index in [-0.39, 0.29) is 0 Å². The molecule has 0 radical (unpaired) electrons. The van der Waals surface area contributed by atoms with Gasteiger partial charge in [-0.05, 0) is 12.5 Å². The first-order valence-corrected chi connectivity index (χ1v) is 8.68. The molecule has 0 aromatic rings. The predicted molar refractivity (Wildman–Crippen MR) is 54.0 cm³/mol. The van der Waals surface area contributed by atoms with E-state index in [0.29, 0.717) is 5.91 Å². The van der Waals surface area contributed by atoms with E-state index in [9.17, 15) is 4.79 Å². The summed E-state index contributed by atoms with van der Waals surface area (Å²) in [5, 5.41) is 0. The van der Waals surface area contributed by atoms with E-state index >= 15 is 0 Å². The van der Waals surface area contributed by atoms with E-state index in [2.05, 4.69) is 13.1 Å². The van der Waals surface area contributed by atoms with Gasteiger partial charge in [-0.1, -0.05) is 13.1 Å². The first kappa shape index (κ1) is 10.1. The Balaban J connectivity index is 2.27. The largest absolute Gasteiger partial charge is 0.343 e. The average Bonchev–Trinajstić information content (AvgIpc) is 2.29. The van der Waals surface area contributed by atoms with Gasteiger partial charge in [0.05, 0.1) is 0 Å². The fourth-order valence-electron chi connectivity index (χ4n) is 1.34. The molecule has 2 nitrogen and oxygen atoms in total. The molecule has 1 rings (SSSR count). The van der Waals surface area contributed by atoms with Crippen LogP contribution in [-0.4, -0.2) is 31.3 Å². The van der Waals surface area contributed by atoms with Gasteiger partial charge in [0.2, 0.25) is 5.91 Å². The van der Waals surface area contributed by atoms with E-state index in [1.165, 1.54) is 0 Å². The number of nitrogens with zero attached hydrogens (tertiary/aromatic N) is 1. The van der Waals surface area contributed by atoms with Gasteiger partial charge < -0.3 is 4.90 Å². The second-order valence-electron chi connectivity index (χ2n) is 3.95. The monoisotopic (exact) mass is 205 g/mol. The molecule has 1 heterocycles.